The lowest BCUT2D eigenvalue weighted by Crippen LogP contribution is -2.39. The molecule has 1 heteroatoms. The Morgan fingerprint density at radius 3 is 1.55 bits per heavy atom. The Hall–Kier alpha value is -0.303. The maximum atomic E-state index is 3.93. The lowest BCUT2D eigenvalue weighted by molar-refractivity contribution is 0.726. The van der Waals surface area contributed by atoms with E-state index in [4.69, 9.17) is 0 Å². The first-order valence-corrected chi connectivity index (χ1v) is 6.57. The van der Waals surface area contributed by atoms with Crippen molar-refractivity contribution in [1.29, 1.82) is 0 Å². The highest BCUT2D eigenvalue weighted by Crippen LogP contribution is 2.39. The Balaban J connectivity index is 4.83. The minimum atomic E-state index is -1.39. The Kier molecular flexibility index (Phi) is 3.30. The smallest absolute Gasteiger partial charge is 0.106 e. The van der Waals surface area contributed by atoms with Crippen LogP contribution in [0.25, 0.3) is 0 Å². The van der Waals surface area contributed by atoms with Gasteiger partial charge in [0, 0.05) is 0 Å². The van der Waals surface area contributed by atoms with Crippen LogP contribution in [0.15, 0.2) is 24.6 Å². The molecule has 0 aliphatic heterocycles. The summed E-state index contributed by atoms with van der Waals surface area (Å²) >= 11 is 0. The molecule has 0 atom stereocenters. The molecular formula is C10H20Si. The Bertz CT molecular complexity index is 143. The van der Waals surface area contributed by atoms with Crippen LogP contribution in [-0.4, -0.2) is 8.07 Å². The molecule has 0 heterocycles. The molecule has 0 radical (unpaired) electrons. The molecule has 0 unspecified atom stereocenters. The van der Waals surface area contributed by atoms with Gasteiger partial charge in [-0.2, -0.15) is 0 Å². The highest BCUT2D eigenvalue weighted by molar-refractivity contribution is 6.91. The summed E-state index contributed by atoms with van der Waals surface area (Å²) in [5.74, 6) is 0. The quantitative estimate of drug-likeness (QED) is 0.564. The summed E-state index contributed by atoms with van der Waals surface area (Å²) in [4.78, 5) is 0. The largest absolute Gasteiger partial charge is 0.107 e. The minimum absolute atomic E-state index is 0.366. The molecule has 0 N–H and O–H groups in total. The lowest BCUT2D eigenvalue weighted by atomic mass is 10.2. The molecule has 0 nitrogen and oxygen atoms in total. The molecule has 0 rings (SSSR count). The molecule has 0 saturated carbocycles. The molecule has 64 valence electrons. The normalized spacial score (nSPS) is 12.7. The Morgan fingerprint density at radius 1 is 1.18 bits per heavy atom. The van der Waals surface area contributed by atoms with E-state index in [-0.39, 0.29) is 0 Å². The molecule has 0 spiro atoms. The summed E-state index contributed by atoms with van der Waals surface area (Å²) < 4.78 is 0. The van der Waals surface area contributed by atoms with Gasteiger partial charge in [0.2, 0.25) is 0 Å². The second-order valence-electron chi connectivity index (χ2n) is 4.05. The summed E-state index contributed by atoms with van der Waals surface area (Å²) in [5, 5.41) is 0.366. The van der Waals surface area contributed by atoms with Gasteiger partial charge in [-0.05, 0) is 5.04 Å². The predicted molar refractivity (Wildman–Crippen MR) is 56.3 cm³/mol. The van der Waals surface area contributed by atoms with Crippen molar-refractivity contribution in [2.24, 2.45) is 0 Å². The van der Waals surface area contributed by atoms with Gasteiger partial charge in [0.05, 0.1) is 0 Å². The maximum Gasteiger partial charge on any atom is 0.106 e. The van der Waals surface area contributed by atoms with E-state index >= 15 is 0 Å². The molecule has 0 bridgehead atoms. The zero-order chi connectivity index (χ0) is 9.12. The molecule has 0 saturated heterocycles. The highest BCUT2D eigenvalue weighted by atomic mass is 28.3. The number of rotatable bonds is 3. The molecule has 0 aliphatic rings. The second kappa shape index (κ2) is 3.40. The standard InChI is InChI=1S/C10H20Si/c1-7-11(8-2,9-3)10(4,5)6/h7-8H,1-2,9H2,3-6H3. The lowest BCUT2D eigenvalue weighted by Gasteiger charge is -2.37. The summed E-state index contributed by atoms with van der Waals surface area (Å²) in [6.45, 7) is 17.0. The van der Waals surface area contributed by atoms with Crippen LogP contribution in [0.4, 0.5) is 0 Å². The van der Waals surface area contributed by atoms with Crippen molar-refractivity contribution in [3.05, 3.63) is 24.6 Å². The minimum Gasteiger partial charge on any atom is -0.107 e. The third kappa shape index (κ3) is 1.83. The first-order valence-electron chi connectivity index (χ1n) is 4.20. The zero-order valence-electron chi connectivity index (χ0n) is 8.28. The van der Waals surface area contributed by atoms with E-state index in [1.54, 1.807) is 0 Å². The Labute approximate surface area is 72.0 Å². The van der Waals surface area contributed by atoms with Crippen molar-refractivity contribution in [2.45, 2.75) is 38.8 Å². The van der Waals surface area contributed by atoms with Crippen LogP contribution in [-0.2, 0) is 0 Å². The monoisotopic (exact) mass is 168 g/mol. The number of hydrogen-bond donors (Lipinski definition) is 0. The van der Waals surface area contributed by atoms with Gasteiger partial charge in [-0.1, -0.05) is 45.1 Å². The van der Waals surface area contributed by atoms with Crippen molar-refractivity contribution in [1.82, 2.24) is 0 Å². The highest BCUT2D eigenvalue weighted by Gasteiger charge is 2.36. The Morgan fingerprint density at radius 2 is 1.55 bits per heavy atom. The van der Waals surface area contributed by atoms with E-state index in [9.17, 15) is 0 Å². The van der Waals surface area contributed by atoms with Crippen LogP contribution >= 0.6 is 0 Å². The zero-order valence-corrected chi connectivity index (χ0v) is 9.28. The van der Waals surface area contributed by atoms with E-state index in [1.807, 2.05) is 0 Å². The van der Waals surface area contributed by atoms with Gasteiger partial charge in [0.25, 0.3) is 0 Å². The first-order chi connectivity index (χ1) is 4.93. The van der Waals surface area contributed by atoms with E-state index in [0.29, 0.717) is 5.04 Å². The van der Waals surface area contributed by atoms with Gasteiger partial charge in [0.15, 0.2) is 0 Å². The molecule has 0 aromatic carbocycles. The fourth-order valence-corrected chi connectivity index (χ4v) is 4.54. The summed E-state index contributed by atoms with van der Waals surface area (Å²) in [7, 11) is -1.39. The summed E-state index contributed by atoms with van der Waals surface area (Å²) in [6.07, 6.45) is 0. The fraction of sp³-hybridized carbons (Fsp3) is 0.600. The van der Waals surface area contributed by atoms with E-state index < -0.39 is 8.07 Å². The van der Waals surface area contributed by atoms with Gasteiger partial charge < -0.3 is 0 Å². The van der Waals surface area contributed by atoms with Gasteiger partial charge in [-0.25, -0.2) is 0 Å². The number of hydrogen-bond acceptors (Lipinski definition) is 0. The van der Waals surface area contributed by atoms with Gasteiger partial charge >= 0.3 is 0 Å². The molecule has 0 aromatic rings. The maximum absolute atomic E-state index is 3.93. The van der Waals surface area contributed by atoms with Crippen molar-refractivity contribution >= 4 is 8.07 Å². The SMILES string of the molecule is C=C[Si](C=C)(CC)C(C)(C)C. The molecule has 0 aromatic heterocycles. The molecule has 0 aliphatic carbocycles. The van der Waals surface area contributed by atoms with Crippen LogP contribution in [0.5, 0.6) is 0 Å². The third-order valence-corrected chi connectivity index (χ3v) is 8.13. The van der Waals surface area contributed by atoms with Crippen LogP contribution in [0.1, 0.15) is 27.7 Å². The predicted octanol–water partition coefficient (Wildman–Crippen LogP) is 3.71. The van der Waals surface area contributed by atoms with Gasteiger partial charge in [-0.15, -0.1) is 13.2 Å². The van der Waals surface area contributed by atoms with E-state index in [0.717, 1.165) is 0 Å². The van der Waals surface area contributed by atoms with Gasteiger partial charge in [-0.3, -0.25) is 0 Å². The topological polar surface area (TPSA) is 0 Å². The third-order valence-electron chi connectivity index (χ3n) is 2.71. The average Bonchev–Trinajstić information content (AvgIpc) is 1.90. The van der Waals surface area contributed by atoms with Gasteiger partial charge in [0.1, 0.15) is 8.07 Å². The van der Waals surface area contributed by atoms with E-state index in [1.165, 1.54) is 6.04 Å². The van der Waals surface area contributed by atoms with Crippen molar-refractivity contribution < 1.29 is 0 Å². The van der Waals surface area contributed by atoms with Crippen LogP contribution in [0.2, 0.25) is 11.1 Å². The molecular weight excluding hydrogens is 148 g/mol. The van der Waals surface area contributed by atoms with Crippen LogP contribution < -0.4 is 0 Å². The molecule has 11 heavy (non-hydrogen) atoms. The first kappa shape index (κ1) is 10.7. The molecule has 0 fully saturated rings. The van der Waals surface area contributed by atoms with Crippen LogP contribution in [0, 0.1) is 0 Å². The second-order valence-corrected chi connectivity index (χ2v) is 9.16. The summed E-state index contributed by atoms with van der Waals surface area (Å²) in [6, 6.07) is 1.21. The summed E-state index contributed by atoms with van der Waals surface area (Å²) in [5.41, 5.74) is 4.31. The molecule has 0 amide bonds. The fourth-order valence-electron chi connectivity index (χ4n) is 1.51. The van der Waals surface area contributed by atoms with Crippen molar-refractivity contribution in [3.8, 4) is 0 Å². The van der Waals surface area contributed by atoms with Crippen molar-refractivity contribution in [3.63, 3.8) is 0 Å². The average molecular weight is 168 g/mol. The van der Waals surface area contributed by atoms with Crippen molar-refractivity contribution in [2.75, 3.05) is 0 Å². The van der Waals surface area contributed by atoms with Crippen LogP contribution in [0.3, 0.4) is 0 Å². The van der Waals surface area contributed by atoms with E-state index in [2.05, 4.69) is 52.3 Å².